The average molecular weight is 445 g/mol. The van der Waals surface area contributed by atoms with Gasteiger partial charge in [-0.1, -0.05) is 78.9 Å². The zero-order valence-electron chi connectivity index (χ0n) is 20.1. The number of hydrogen-bond acceptors (Lipinski definition) is 2. The third-order valence-electron chi connectivity index (χ3n) is 7.48. The van der Waals surface area contributed by atoms with Crippen LogP contribution in [-0.2, 0) is 9.31 Å². The maximum atomic E-state index is 6.45. The number of para-hydroxylation sites is 3. The lowest BCUT2D eigenvalue weighted by atomic mass is 9.74. The van der Waals surface area contributed by atoms with Crippen LogP contribution in [0.3, 0.4) is 0 Å². The summed E-state index contributed by atoms with van der Waals surface area (Å²) in [5.74, 6) is 0. The second kappa shape index (κ2) is 7.59. The standard InChI is InChI=1S/C30H28BNO2/c1-29(2)30(3,4)34-31(33-29)25-17-9-5-13-21(25)22-14-6-10-18-26(22)32-27-19-11-7-15-23(27)24-16-8-12-20-28(24)32/h5-20H,1-4H3. The van der Waals surface area contributed by atoms with Gasteiger partial charge in [-0.15, -0.1) is 0 Å². The first-order valence-electron chi connectivity index (χ1n) is 11.9. The number of fused-ring (bicyclic) bond motifs is 3. The summed E-state index contributed by atoms with van der Waals surface area (Å²) in [4.78, 5) is 0. The van der Waals surface area contributed by atoms with E-state index in [1.54, 1.807) is 0 Å². The van der Waals surface area contributed by atoms with Gasteiger partial charge in [0.05, 0.1) is 27.9 Å². The van der Waals surface area contributed by atoms with Gasteiger partial charge in [0.15, 0.2) is 0 Å². The van der Waals surface area contributed by atoms with Crippen molar-refractivity contribution in [1.82, 2.24) is 4.57 Å². The zero-order chi connectivity index (χ0) is 23.5. The monoisotopic (exact) mass is 445 g/mol. The van der Waals surface area contributed by atoms with E-state index in [1.165, 1.54) is 21.8 Å². The van der Waals surface area contributed by atoms with Gasteiger partial charge in [-0.3, -0.25) is 0 Å². The highest BCUT2D eigenvalue weighted by Crippen LogP contribution is 2.39. The molecule has 0 unspecified atom stereocenters. The van der Waals surface area contributed by atoms with Crippen LogP contribution >= 0.6 is 0 Å². The Hall–Kier alpha value is -3.34. The minimum Gasteiger partial charge on any atom is -0.399 e. The minimum absolute atomic E-state index is 0.392. The van der Waals surface area contributed by atoms with Crippen molar-refractivity contribution in [2.75, 3.05) is 0 Å². The van der Waals surface area contributed by atoms with Crippen LogP contribution in [0, 0.1) is 0 Å². The van der Waals surface area contributed by atoms with Gasteiger partial charge in [0, 0.05) is 16.3 Å². The molecule has 0 atom stereocenters. The Balaban J connectivity index is 1.59. The molecule has 0 spiro atoms. The molecule has 0 bridgehead atoms. The summed E-state index contributed by atoms with van der Waals surface area (Å²) < 4.78 is 15.3. The van der Waals surface area contributed by atoms with Crippen molar-refractivity contribution in [2.24, 2.45) is 0 Å². The summed E-state index contributed by atoms with van der Waals surface area (Å²) in [6.07, 6.45) is 0. The predicted octanol–water partition coefficient (Wildman–Crippen LogP) is 6.75. The Labute approximate surface area is 201 Å². The molecular weight excluding hydrogens is 417 g/mol. The molecule has 0 aliphatic carbocycles. The molecule has 34 heavy (non-hydrogen) atoms. The number of aromatic nitrogens is 1. The van der Waals surface area contributed by atoms with Crippen LogP contribution in [0.15, 0.2) is 97.1 Å². The molecule has 168 valence electrons. The largest absolute Gasteiger partial charge is 0.495 e. The molecule has 4 aromatic carbocycles. The van der Waals surface area contributed by atoms with E-state index in [1.807, 2.05) is 0 Å². The predicted molar refractivity (Wildman–Crippen MR) is 142 cm³/mol. The van der Waals surface area contributed by atoms with E-state index in [-0.39, 0.29) is 0 Å². The number of hydrogen-bond donors (Lipinski definition) is 0. The van der Waals surface area contributed by atoms with E-state index in [9.17, 15) is 0 Å². The molecule has 5 aromatic rings. The first kappa shape index (κ1) is 21.2. The molecule has 4 heteroatoms. The maximum absolute atomic E-state index is 6.45. The lowest BCUT2D eigenvalue weighted by Gasteiger charge is -2.32. The van der Waals surface area contributed by atoms with Crippen molar-refractivity contribution in [3.05, 3.63) is 97.1 Å². The Morgan fingerprint density at radius 3 is 1.65 bits per heavy atom. The fourth-order valence-electron chi connectivity index (χ4n) is 5.00. The Bertz CT molecular complexity index is 1460. The van der Waals surface area contributed by atoms with Crippen molar-refractivity contribution in [1.29, 1.82) is 0 Å². The number of nitrogens with zero attached hydrogens (tertiary/aromatic N) is 1. The van der Waals surface area contributed by atoms with Gasteiger partial charge < -0.3 is 13.9 Å². The van der Waals surface area contributed by atoms with Crippen molar-refractivity contribution in [3.8, 4) is 16.8 Å². The van der Waals surface area contributed by atoms with E-state index in [0.717, 1.165) is 22.3 Å². The lowest BCUT2D eigenvalue weighted by molar-refractivity contribution is 0.00578. The fourth-order valence-corrected chi connectivity index (χ4v) is 5.00. The third kappa shape index (κ3) is 3.13. The Morgan fingerprint density at radius 2 is 1.03 bits per heavy atom. The van der Waals surface area contributed by atoms with E-state index < -0.39 is 18.3 Å². The van der Waals surface area contributed by atoms with Gasteiger partial charge in [0.1, 0.15) is 0 Å². The Morgan fingerprint density at radius 1 is 0.559 bits per heavy atom. The van der Waals surface area contributed by atoms with Crippen LogP contribution in [0.25, 0.3) is 38.6 Å². The summed E-state index contributed by atoms with van der Waals surface area (Å²) in [6, 6.07) is 34.3. The lowest BCUT2D eigenvalue weighted by Crippen LogP contribution is -2.41. The van der Waals surface area contributed by atoms with Crippen molar-refractivity contribution in [3.63, 3.8) is 0 Å². The van der Waals surface area contributed by atoms with E-state index in [2.05, 4.69) is 129 Å². The fraction of sp³-hybridized carbons (Fsp3) is 0.200. The Kier molecular flexibility index (Phi) is 4.74. The molecule has 1 saturated heterocycles. The second-order valence-corrected chi connectivity index (χ2v) is 10.1. The summed E-state index contributed by atoms with van der Waals surface area (Å²) >= 11 is 0. The number of benzene rings is 4. The molecule has 0 saturated carbocycles. The topological polar surface area (TPSA) is 23.4 Å². The van der Waals surface area contributed by atoms with Gasteiger partial charge in [-0.25, -0.2) is 0 Å². The van der Waals surface area contributed by atoms with E-state index >= 15 is 0 Å². The molecule has 0 amide bonds. The summed E-state index contributed by atoms with van der Waals surface area (Å²) in [5, 5.41) is 2.51. The maximum Gasteiger partial charge on any atom is 0.495 e. The first-order chi connectivity index (χ1) is 16.4. The second-order valence-electron chi connectivity index (χ2n) is 10.1. The molecule has 0 radical (unpaired) electrons. The highest BCUT2D eigenvalue weighted by molar-refractivity contribution is 6.64. The molecule has 1 aromatic heterocycles. The van der Waals surface area contributed by atoms with Crippen LogP contribution < -0.4 is 5.46 Å². The summed E-state index contributed by atoms with van der Waals surface area (Å²) in [5.41, 5.74) is 6.08. The number of rotatable bonds is 3. The normalized spacial score (nSPS) is 17.0. The van der Waals surface area contributed by atoms with Crippen LogP contribution in [0.5, 0.6) is 0 Å². The van der Waals surface area contributed by atoms with Gasteiger partial charge in [-0.05, 0) is 56.9 Å². The van der Waals surface area contributed by atoms with Crippen LogP contribution in [0.2, 0.25) is 0 Å². The molecule has 1 fully saturated rings. The smallest absolute Gasteiger partial charge is 0.399 e. The van der Waals surface area contributed by atoms with E-state index in [4.69, 9.17) is 9.31 Å². The molecule has 1 aliphatic heterocycles. The molecular formula is C30H28BNO2. The zero-order valence-corrected chi connectivity index (χ0v) is 20.1. The highest BCUT2D eigenvalue weighted by Gasteiger charge is 2.52. The quantitative estimate of drug-likeness (QED) is 0.287. The van der Waals surface area contributed by atoms with Gasteiger partial charge in [0.25, 0.3) is 0 Å². The van der Waals surface area contributed by atoms with E-state index in [0.29, 0.717) is 0 Å². The summed E-state index contributed by atoms with van der Waals surface area (Å²) in [7, 11) is -0.424. The highest BCUT2D eigenvalue weighted by atomic mass is 16.7. The third-order valence-corrected chi connectivity index (χ3v) is 7.48. The molecule has 1 aliphatic rings. The van der Waals surface area contributed by atoms with Gasteiger partial charge in [-0.2, -0.15) is 0 Å². The summed E-state index contributed by atoms with van der Waals surface area (Å²) in [6.45, 7) is 8.40. The van der Waals surface area contributed by atoms with Crippen LogP contribution in [0.4, 0.5) is 0 Å². The SMILES string of the molecule is CC1(C)OB(c2ccccc2-c2ccccc2-n2c3ccccc3c3ccccc32)OC1(C)C. The van der Waals surface area contributed by atoms with Gasteiger partial charge in [0.2, 0.25) is 0 Å². The molecule has 2 heterocycles. The molecule has 3 nitrogen and oxygen atoms in total. The van der Waals surface area contributed by atoms with Crippen LogP contribution in [-0.4, -0.2) is 22.9 Å². The average Bonchev–Trinajstić information content (AvgIpc) is 3.29. The van der Waals surface area contributed by atoms with Gasteiger partial charge >= 0.3 is 7.12 Å². The van der Waals surface area contributed by atoms with Crippen LogP contribution in [0.1, 0.15) is 27.7 Å². The molecule has 0 N–H and O–H groups in total. The molecule has 6 rings (SSSR count). The first-order valence-corrected chi connectivity index (χ1v) is 11.9. The van der Waals surface area contributed by atoms with Crippen molar-refractivity contribution in [2.45, 2.75) is 38.9 Å². The van der Waals surface area contributed by atoms with Crippen molar-refractivity contribution < 1.29 is 9.31 Å². The minimum atomic E-state index is -0.424. The van der Waals surface area contributed by atoms with Crippen molar-refractivity contribution >= 4 is 34.4 Å².